The van der Waals surface area contributed by atoms with Gasteiger partial charge in [0.25, 0.3) is 14.1 Å². The standard InChI is InChI=1S/C33H56N4O12P2/c1-24(2)37(25(3)4)50(46-17-12-15-34)49-28-26(44-21-33(28,42-11)19-36-16-13-27(38)35-30(36)40)14-18-51(41,47-22-43-20-31(5,6)7)48-23-45-29(39)32(8,9)10/h13-14,16,18,24-26,28H,12,17,19-23H2,1-11H3,(H,35,38,40)/b18-14+/t26-,28?,33?,50?,51?/m1/s1. The predicted molar refractivity (Wildman–Crippen MR) is 190 cm³/mol. The zero-order valence-corrected chi connectivity index (χ0v) is 33.5. The number of H-pyrrole nitrogens is 1. The maximum absolute atomic E-state index is 14.0. The summed E-state index contributed by atoms with van der Waals surface area (Å²) in [7, 11) is -4.57. The number of nitrogens with zero attached hydrogens (tertiary/aromatic N) is 3. The number of hydrogen-bond acceptors (Lipinski definition) is 14. The first-order valence-corrected chi connectivity index (χ1v) is 19.5. The average molecular weight is 763 g/mol. The summed E-state index contributed by atoms with van der Waals surface area (Å²) in [5.74, 6) is 0.611. The molecule has 0 bridgehead atoms. The smallest absolute Gasteiger partial charge is 0.358 e. The van der Waals surface area contributed by atoms with Gasteiger partial charge in [-0.15, -0.1) is 0 Å². The lowest BCUT2D eigenvalue weighted by molar-refractivity contribution is -0.160. The van der Waals surface area contributed by atoms with Crippen molar-refractivity contribution in [2.75, 3.05) is 40.5 Å². The van der Waals surface area contributed by atoms with Crippen LogP contribution in [0.5, 0.6) is 0 Å². The van der Waals surface area contributed by atoms with Gasteiger partial charge in [-0.2, -0.15) is 5.26 Å². The Kier molecular flexibility index (Phi) is 17.3. The molecule has 1 saturated heterocycles. The highest BCUT2D eigenvalue weighted by Crippen LogP contribution is 2.53. The average Bonchev–Trinajstić information content (AvgIpc) is 3.35. The van der Waals surface area contributed by atoms with Gasteiger partial charge in [-0.3, -0.25) is 32.8 Å². The van der Waals surface area contributed by atoms with Gasteiger partial charge in [-0.05, 0) is 60.0 Å². The SMILES string of the molecule is COC1(Cn2ccc(=O)[nH]c2=O)CO[C@H](/C=C/P(=O)(OCOCC(C)(C)C)OCOC(=O)C(C)(C)C)C1OP(OCCC#N)N(C(C)C)C(C)C. The summed E-state index contributed by atoms with van der Waals surface area (Å²) in [6, 6.07) is 3.20. The zero-order valence-electron chi connectivity index (χ0n) is 31.7. The molecule has 0 aliphatic carbocycles. The van der Waals surface area contributed by atoms with Crippen molar-refractivity contribution in [1.29, 1.82) is 5.26 Å². The van der Waals surface area contributed by atoms with Crippen molar-refractivity contribution in [3.8, 4) is 6.07 Å². The number of rotatable bonds is 20. The molecule has 51 heavy (non-hydrogen) atoms. The Morgan fingerprint density at radius 3 is 2.37 bits per heavy atom. The van der Waals surface area contributed by atoms with Crippen LogP contribution in [-0.2, 0) is 52.9 Å². The largest absolute Gasteiger partial charge is 0.438 e. The fraction of sp³-hybridized carbons (Fsp3) is 0.758. The lowest BCUT2D eigenvalue weighted by Gasteiger charge is -2.40. The second kappa shape index (κ2) is 19.7. The minimum Gasteiger partial charge on any atom is -0.438 e. The van der Waals surface area contributed by atoms with Crippen molar-refractivity contribution < 1.29 is 46.4 Å². The number of nitrogens with one attached hydrogen (secondary N) is 1. The second-order valence-corrected chi connectivity index (χ2v) is 18.1. The van der Waals surface area contributed by atoms with E-state index in [2.05, 4.69) is 11.1 Å². The number of carbonyl (C=O) groups is 1. The molecule has 0 aromatic carbocycles. The van der Waals surface area contributed by atoms with Crippen LogP contribution in [0.2, 0.25) is 0 Å². The summed E-state index contributed by atoms with van der Waals surface area (Å²) >= 11 is 0. The first-order valence-electron chi connectivity index (χ1n) is 16.7. The van der Waals surface area contributed by atoms with Crippen molar-refractivity contribution in [3.63, 3.8) is 0 Å². The molecule has 2 rings (SSSR count). The minimum atomic E-state index is -4.15. The second-order valence-electron chi connectivity index (χ2n) is 14.8. The van der Waals surface area contributed by atoms with Crippen LogP contribution in [0, 0.1) is 22.2 Å². The highest BCUT2D eigenvalue weighted by molar-refractivity contribution is 7.57. The molecule has 1 aliphatic heterocycles. The van der Waals surface area contributed by atoms with E-state index >= 15 is 0 Å². The van der Waals surface area contributed by atoms with Crippen molar-refractivity contribution in [3.05, 3.63) is 45.0 Å². The van der Waals surface area contributed by atoms with Gasteiger partial charge in [0.15, 0.2) is 6.79 Å². The Morgan fingerprint density at radius 1 is 1.18 bits per heavy atom. The Labute approximate surface area is 302 Å². The number of aromatic amines is 1. The molecule has 0 saturated carbocycles. The van der Waals surface area contributed by atoms with E-state index in [-0.39, 0.29) is 50.5 Å². The van der Waals surface area contributed by atoms with Crippen molar-refractivity contribution >= 4 is 22.1 Å². The van der Waals surface area contributed by atoms with Crippen molar-refractivity contribution in [1.82, 2.24) is 14.2 Å². The maximum atomic E-state index is 14.0. The molecule has 5 atom stereocenters. The van der Waals surface area contributed by atoms with E-state index in [0.717, 1.165) is 0 Å². The third-order valence-corrected chi connectivity index (χ3v) is 10.9. The normalized spacial score (nSPS) is 21.7. The van der Waals surface area contributed by atoms with Crippen LogP contribution in [0.25, 0.3) is 0 Å². The molecule has 0 radical (unpaired) electrons. The Balaban J connectivity index is 2.57. The summed E-state index contributed by atoms with van der Waals surface area (Å²) in [6.07, 6.45) is 0.926. The monoisotopic (exact) mass is 762 g/mol. The maximum Gasteiger partial charge on any atom is 0.358 e. The molecule has 0 amide bonds. The predicted octanol–water partition coefficient (Wildman–Crippen LogP) is 5.29. The number of hydrogen-bond donors (Lipinski definition) is 1. The van der Waals surface area contributed by atoms with Gasteiger partial charge in [0.05, 0.1) is 44.3 Å². The molecule has 18 heteroatoms. The molecule has 1 aliphatic rings. The molecule has 4 unspecified atom stereocenters. The topological polar surface area (TPSA) is 190 Å². The Morgan fingerprint density at radius 2 is 1.82 bits per heavy atom. The van der Waals surface area contributed by atoms with E-state index < -0.39 is 63.4 Å². The summed E-state index contributed by atoms with van der Waals surface area (Å²) in [6.45, 7) is 18.0. The van der Waals surface area contributed by atoms with Crippen LogP contribution < -0.4 is 11.2 Å². The quantitative estimate of drug-likeness (QED) is 0.0781. The fourth-order valence-electron chi connectivity index (χ4n) is 4.78. The number of methoxy groups -OCH3 is 1. The van der Waals surface area contributed by atoms with Gasteiger partial charge in [0.2, 0.25) is 6.79 Å². The molecule has 0 spiro atoms. The number of esters is 1. The van der Waals surface area contributed by atoms with E-state index in [0.29, 0.717) is 6.61 Å². The number of nitriles is 1. The van der Waals surface area contributed by atoms with Crippen LogP contribution in [0.15, 0.2) is 33.7 Å². The lowest BCUT2D eigenvalue weighted by Crippen LogP contribution is -2.52. The van der Waals surface area contributed by atoms with Gasteiger partial charge in [0, 0.05) is 37.3 Å². The molecule has 2 heterocycles. The summed E-state index contributed by atoms with van der Waals surface area (Å²) in [5, 5.41) is 9.22. The van der Waals surface area contributed by atoms with Crippen molar-refractivity contribution in [2.24, 2.45) is 10.8 Å². The third-order valence-electron chi connectivity index (χ3n) is 7.29. The number of ether oxygens (including phenoxy) is 4. The summed E-state index contributed by atoms with van der Waals surface area (Å²) in [5.41, 5.74) is -3.58. The first-order chi connectivity index (χ1) is 23.7. The van der Waals surface area contributed by atoms with Crippen LogP contribution in [0.1, 0.15) is 75.7 Å². The van der Waals surface area contributed by atoms with Crippen LogP contribution in [0.3, 0.4) is 0 Å². The molecular formula is C33H56N4O12P2. The van der Waals surface area contributed by atoms with E-state index in [9.17, 15) is 24.2 Å². The Bertz CT molecular complexity index is 1490. The van der Waals surface area contributed by atoms with Gasteiger partial charge >= 0.3 is 19.3 Å². The van der Waals surface area contributed by atoms with E-state index in [1.807, 2.05) is 53.1 Å². The lowest BCUT2D eigenvalue weighted by atomic mass is 9.96. The van der Waals surface area contributed by atoms with E-state index in [1.165, 1.54) is 35.8 Å². The number of aromatic nitrogens is 2. The first kappa shape index (κ1) is 44.9. The van der Waals surface area contributed by atoms with Crippen LogP contribution >= 0.6 is 16.1 Å². The van der Waals surface area contributed by atoms with Crippen LogP contribution in [0.4, 0.5) is 0 Å². The van der Waals surface area contributed by atoms with Gasteiger partial charge < -0.3 is 28.0 Å². The van der Waals surface area contributed by atoms with Gasteiger partial charge in [-0.25, -0.2) is 9.46 Å². The molecular weight excluding hydrogens is 706 g/mol. The molecule has 1 aromatic heterocycles. The fourth-order valence-corrected chi connectivity index (χ4v) is 7.64. The summed E-state index contributed by atoms with van der Waals surface area (Å²) in [4.78, 5) is 39.2. The highest BCUT2D eigenvalue weighted by atomic mass is 31.2. The highest BCUT2D eigenvalue weighted by Gasteiger charge is 2.53. The molecule has 16 nitrogen and oxygen atoms in total. The van der Waals surface area contributed by atoms with Gasteiger partial charge in [0.1, 0.15) is 17.8 Å². The molecule has 290 valence electrons. The molecule has 1 fully saturated rings. The van der Waals surface area contributed by atoms with E-state index in [1.54, 1.807) is 20.8 Å². The van der Waals surface area contributed by atoms with E-state index in [4.69, 9.17) is 37.0 Å². The zero-order chi connectivity index (χ0) is 38.6. The summed E-state index contributed by atoms with van der Waals surface area (Å²) < 4.78 is 64.4. The Hall–Kier alpha value is -2.28. The minimum absolute atomic E-state index is 0.0424. The van der Waals surface area contributed by atoms with Crippen molar-refractivity contribution in [2.45, 2.75) is 112 Å². The third kappa shape index (κ3) is 14.2. The number of carbonyl (C=O) groups excluding carboxylic acids is 1. The molecule has 1 aromatic rings. The molecule has 1 N–H and O–H groups in total. The van der Waals surface area contributed by atoms with Crippen LogP contribution in [-0.4, -0.2) is 90.6 Å². The van der Waals surface area contributed by atoms with Gasteiger partial charge in [-0.1, -0.05) is 20.8 Å².